The highest BCUT2D eigenvalue weighted by Crippen LogP contribution is 2.19. The lowest BCUT2D eigenvalue weighted by atomic mass is 10.1. The zero-order valence-electron chi connectivity index (χ0n) is 15.1. The minimum atomic E-state index is -0.511. The molecule has 0 aliphatic heterocycles. The third-order valence-corrected chi connectivity index (χ3v) is 5.12. The Hall–Kier alpha value is -2.77. The highest BCUT2D eigenvalue weighted by atomic mass is 35.5. The Morgan fingerprint density at radius 2 is 1.93 bits per heavy atom. The average molecular weight is 416 g/mol. The number of carbonyl (C=O) groups excluding carboxylic acids is 2. The Morgan fingerprint density at radius 3 is 2.64 bits per heavy atom. The SMILES string of the molecule is Cn1ccnc1SCC(=O)Nc1ccccc1C(=O)OCc1ccc(Cl)cc1. The van der Waals surface area contributed by atoms with Crippen LogP contribution in [-0.4, -0.2) is 27.2 Å². The maximum absolute atomic E-state index is 12.5. The number of imidazole rings is 1. The van der Waals surface area contributed by atoms with Crippen molar-refractivity contribution in [3.05, 3.63) is 77.1 Å². The van der Waals surface area contributed by atoms with Crippen LogP contribution < -0.4 is 5.32 Å². The molecule has 0 saturated carbocycles. The predicted octanol–water partition coefficient (Wildman–Crippen LogP) is 4.16. The van der Waals surface area contributed by atoms with Crippen molar-refractivity contribution in [2.45, 2.75) is 11.8 Å². The minimum Gasteiger partial charge on any atom is -0.457 e. The van der Waals surface area contributed by atoms with Crippen molar-refractivity contribution < 1.29 is 14.3 Å². The zero-order chi connectivity index (χ0) is 19.9. The molecule has 8 heteroatoms. The molecule has 28 heavy (non-hydrogen) atoms. The van der Waals surface area contributed by atoms with Gasteiger partial charge in [-0.15, -0.1) is 0 Å². The largest absolute Gasteiger partial charge is 0.457 e. The van der Waals surface area contributed by atoms with E-state index in [1.165, 1.54) is 11.8 Å². The Bertz CT molecular complexity index is 973. The number of ether oxygens (including phenoxy) is 1. The van der Waals surface area contributed by atoms with Gasteiger partial charge in [-0.1, -0.05) is 47.6 Å². The molecule has 0 spiro atoms. The van der Waals surface area contributed by atoms with Crippen LogP contribution in [0, 0.1) is 0 Å². The number of anilines is 1. The van der Waals surface area contributed by atoms with Gasteiger partial charge in [-0.2, -0.15) is 0 Å². The molecule has 1 amide bonds. The summed E-state index contributed by atoms with van der Waals surface area (Å²) in [6, 6.07) is 13.8. The topological polar surface area (TPSA) is 73.2 Å². The molecule has 0 unspecified atom stereocenters. The number of esters is 1. The van der Waals surface area contributed by atoms with E-state index in [0.29, 0.717) is 16.3 Å². The molecule has 1 heterocycles. The summed E-state index contributed by atoms with van der Waals surface area (Å²) in [5.41, 5.74) is 1.53. The Labute approximate surface area is 171 Å². The summed E-state index contributed by atoms with van der Waals surface area (Å²) in [5, 5.41) is 4.12. The normalized spacial score (nSPS) is 10.5. The van der Waals surface area contributed by atoms with Gasteiger partial charge in [-0.05, 0) is 29.8 Å². The van der Waals surface area contributed by atoms with Crippen molar-refractivity contribution in [1.29, 1.82) is 0 Å². The highest BCUT2D eigenvalue weighted by molar-refractivity contribution is 7.99. The van der Waals surface area contributed by atoms with E-state index >= 15 is 0 Å². The monoisotopic (exact) mass is 415 g/mol. The van der Waals surface area contributed by atoms with Gasteiger partial charge in [-0.3, -0.25) is 4.79 Å². The summed E-state index contributed by atoms with van der Waals surface area (Å²) >= 11 is 7.17. The van der Waals surface area contributed by atoms with Crippen LogP contribution in [0.5, 0.6) is 0 Å². The summed E-state index contributed by atoms with van der Waals surface area (Å²) in [5.74, 6) is -0.563. The molecule has 0 bridgehead atoms. The molecule has 0 radical (unpaired) electrons. The van der Waals surface area contributed by atoms with Crippen molar-refractivity contribution in [1.82, 2.24) is 9.55 Å². The van der Waals surface area contributed by atoms with E-state index in [1.807, 2.05) is 17.8 Å². The second-order valence-electron chi connectivity index (χ2n) is 5.91. The van der Waals surface area contributed by atoms with Gasteiger partial charge in [-0.25, -0.2) is 9.78 Å². The fraction of sp³-hybridized carbons (Fsp3) is 0.150. The number of hydrogen-bond donors (Lipinski definition) is 1. The van der Waals surface area contributed by atoms with Crippen molar-refractivity contribution in [3.63, 3.8) is 0 Å². The third-order valence-electron chi connectivity index (χ3n) is 3.81. The number of amides is 1. The summed E-state index contributed by atoms with van der Waals surface area (Å²) < 4.78 is 7.19. The fourth-order valence-corrected chi connectivity index (χ4v) is 3.24. The van der Waals surface area contributed by atoms with Crippen LogP contribution in [0.15, 0.2) is 66.1 Å². The van der Waals surface area contributed by atoms with Crippen molar-refractivity contribution >= 4 is 40.9 Å². The molecule has 0 atom stereocenters. The van der Waals surface area contributed by atoms with Crippen LogP contribution in [-0.2, 0) is 23.2 Å². The highest BCUT2D eigenvalue weighted by Gasteiger charge is 2.15. The Kier molecular flexibility index (Phi) is 6.73. The molecule has 3 rings (SSSR count). The van der Waals surface area contributed by atoms with Crippen molar-refractivity contribution in [3.8, 4) is 0 Å². The minimum absolute atomic E-state index is 0.118. The van der Waals surface area contributed by atoms with Crippen LogP contribution in [0.2, 0.25) is 5.02 Å². The lowest BCUT2D eigenvalue weighted by Gasteiger charge is -2.11. The first kappa shape index (κ1) is 20.0. The number of thioether (sulfide) groups is 1. The molecule has 0 saturated heterocycles. The molecule has 0 aliphatic carbocycles. The lowest BCUT2D eigenvalue weighted by molar-refractivity contribution is -0.113. The van der Waals surface area contributed by atoms with Gasteiger partial charge in [0, 0.05) is 24.5 Å². The number of para-hydroxylation sites is 1. The van der Waals surface area contributed by atoms with Crippen LogP contribution in [0.4, 0.5) is 5.69 Å². The second kappa shape index (κ2) is 9.43. The summed E-state index contributed by atoms with van der Waals surface area (Å²) in [7, 11) is 1.86. The van der Waals surface area contributed by atoms with Crippen LogP contribution >= 0.6 is 23.4 Å². The Balaban J connectivity index is 1.60. The number of nitrogens with one attached hydrogen (secondary N) is 1. The number of benzene rings is 2. The summed E-state index contributed by atoms with van der Waals surface area (Å²) in [6.07, 6.45) is 3.48. The summed E-state index contributed by atoms with van der Waals surface area (Å²) in [6.45, 7) is 0.118. The number of carbonyl (C=O) groups is 2. The van der Waals surface area contributed by atoms with Gasteiger partial charge in [0.15, 0.2) is 5.16 Å². The van der Waals surface area contributed by atoms with Crippen LogP contribution in [0.1, 0.15) is 15.9 Å². The average Bonchev–Trinajstić information content (AvgIpc) is 3.11. The first-order valence-corrected chi connectivity index (χ1v) is 9.80. The Morgan fingerprint density at radius 1 is 1.18 bits per heavy atom. The summed E-state index contributed by atoms with van der Waals surface area (Å²) in [4.78, 5) is 28.9. The van der Waals surface area contributed by atoms with Gasteiger partial charge in [0.25, 0.3) is 0 Å². The van der Waals surface area contributed by atoms with Crippen molar-refractivity contribution in [2.75, 3.05) is 11.1 Å². The third kappa shape index (κ3) is 5.37. The number of rotatable bonds is 7. The molecule has 0 aliphatic rings. The number of halogens is 1. The fourth-order valence-electron chi connectivity index (χ4n) is 2.38. The molecule has 3 aromatic rings. The van der Waals surface area contributed by atoms with Gasteiger partial charge in [0.05, 0.1) is 17.0 Å². The molecular formula is C20H18ClN3O3S. The molecule has 144 valence electrons. The van der Waals surface area contributed by atoms with Crippen molar-refractivity contribution in [2.24, 2.45) is 7.05 Å². The molecule has 1 N–H and O–H groups in total. The second-order valence-corrected chi connectivity index (χ2v) is 7.28. The zero-order valence-corrected chi connectivity index (χ0v) is 16.7. The molecule has 1 aromatic heterocycles. The van der Waals surface area contributed by atoms with E-state index in [1.54, 1.807) is 54.7 Å². The first-order chi connectivity index (χ1) is 13.5. The predicted molar refractivity (Wildman–Crippen MR) is 110 cm³/mol. The van der Waals surface area contributed by atoms with E-state index in [0.717, 1.165) is 10.7 Å². The lowest BCUT2D eigenvalue weighted by Crippen LogP contribution is -2.17. The standard InChI is InChI=1S/C20H18ClN3O3S/c1-24-11-10-22-20(24)28-13-18(25)23-17-5-3-2-4-16(17)19(26)27-12-14-6-8-15(21)9-7-14/h2-11H,12-13H2,1H3,(H,23,25). The number of hydrogen-bond acceptors (Lipinski definition) is 5. The smallest absolute Gasteiger partial charge is 0.340 e. The molecule has 6 nitrogen and oxygen atoms in total. The van der Waals surface area contributed by atoms with Crippen LogP contribution in [0.3, 0.4) is 0 Å². The van der Waals surface area contributed by atoms with E-state index in [2.05, 4.69) is 10.3 Å². The number of aryl methyl sites for hydroxylation is 1. The van der Waals surface area contributed by atoms with Crippen LogP contribution in [0.25, 0.3) is 0 Å². The van der Waals surface area contributed by atoms with Gasteiger partial charge < -0.3 is 14.6 Å². The maximum Gasteiger partial charge on any atom is 0.340 e. The van der Waals surface area contributed by atoms with E-state index in [4.69, 9.17) is 16.3 Å². The van der Waals surface area contributed by atoms with Gasteiger partial charge >= 0.3 is 5.97 Å². The van der Waals surface area contributed by atoms with E-state index in [9.17, 15) is 9.59 Å². The van der Waals surface area contributed by atoms with Gasteiger partial charge in [0.1, 0.15) is 6.61 Å². The molecule has 0 fully saturated rings. The first-order valence-electron chi connectivity index (χ1n) is 8.43. The number of aromatic nitrogens is 2. The quantitative estimate of drug-likeness (QED) is 0.463. The molecular weight excluding hydrogens is 398 g/mol. The number of nitrogens with zero attached hydrogens (tertiary/aromatic N) is 2. The molecule has 2 aromatic carbocycles. The van der Waals surface area contributed by atoms with E-state index < -0.39 is 5.97 Å². The van der Waals surface area contributed by atoms with E-state index in [-0.39, 0.29) is 18.3 Å². The van der Waals surface area contributed by atoms with Gasteiger partial charge in [0.2, 0.25) is 5.91 Å². The maximum atomic E-state index is 12.5.